The number of fused-ring (bicyclic) bond motifs is 1. The van der Waals surface area contributed by atoms with Crippen LogP contribution in [0.1, 0.15) is 179 Å². The van der Waals surface area contributed by atoms with Crippen LogP contribution in [0.5, 0.6) is 0 Å². The van der Waals surface area contributed by atoms with Gasteiger partial charge < -0.3 is 4.55 Å². The summed E-state index contributed by atoms with van der Waals surface area (Å²) in [4.78, 5) is 0.0533. The number of hydrogen-bond donors (Lipinski definition) is 0. The largest absolute Gasteiger partial charge is 1.00 e. The summed E-state index contributed by atoms with van der Waals surface area (Å²) in [7, 11) is -4.55. The zero-order valence-electron chi connectivity index (χ0n) is 28.4. The van der Waals surface area contributed by atoms with Gasteiger partial charge in [-0.05, 0) is 42.2 Å². The maximum Gasteiger partial charge on any atom is 1.00 e. The number of rotatable bonds is 27. The van der Waals surface area contributed by atoms with Gasteiger partial charge in [-0.25, -0.2) is 8.42 Å². The average Bonchev–Trinajstić information content (AvgIpc) is 2.97. The predicted octanol–water partition coefficient (Wildman–Crippen LogP) is 9.24. The first-order valence-electron chi connectivity index (χ1n) is 18.0. The van der Waals surface area contributed by atoms with Crippen LogP contribution in [0.2, 0.25) is 0 Å². The molecule has 0 saturated heterocycles. The smallest absolute Gasteiger partial charge is 0.744 e. The minimum atomic E-state index is -4.55. The number of hydrogen-bond acceptors (Lipinski definition) is 3. The Labute approximate surface area is 288 Å². The molecule has 0 aliphatic rings. The molecule has 0 unspecified atom stereocenters. The van der Waals surface area contributed by atoms with Crippen molar-refractivity contribution in [2.45, 2.75) is 186 Å². The first kappa shape index (κ1) is 40.6. The van der Waals surface area contributed by atoms with E-state index in [1.807, 2.05) is 30.3 Å². The first-order chi connectivity index (χ1) is 20.5. The molecule has 0 fully saturated rings. The Morgan fingerprint density at radius 1 is 0.488 bits per heavy atom. The predicted molar refractivity (Wildman–Crippen MR) is 181 cm³/mol. The molecule has 0 atom stereocenters. The summed E-state index contributed by atoms with van der Waals surface area (Å²) >= 11 is 0. The molecule has 0 heterocycles. The summed E-state index contributed by atoms with van der Waals surface area (Å²) in [5.41, 5.74) is 1.73. The Hall–Kier alpha value is -0.390. The van der Waals surface area contributed by atoms with E-state index < -0.39 is 10.1 Å². The summed E-state index contributed by atoms with van der Waals surface area (Å²) in [6.07, 6.45) is 32.4. The molecule has 0 aliphatic heterocycles. The molecule has 2 aromatic carbocycles. The van der Waals surface area contributed by atoms with E-state index in [9.17, 15) is 13.0 Å². The molecule has 0 aromatic heterocycles. The van der Waals surface area contributed by atoms with E-state index in [0.29, 0.717) is 17.4 Å². The van der Waals surface area contributed by atoms with Gasteiger partial charge in [0.2, 0.25) is 0 Å². The van der Waals surface area contributed by atoms with Crippen LogP contribution in [0.3, 0.4) is 0 Å². The van der Waals surface area contributed by atoms with Crippen LogP contribution >= 0.6 is 0 Å². The summed E-state index contributed by atoms with van der Waals surface area (Å²) in [5.74, 6) is 0. The molecule has 0 aliphatic carbocycles. The van der Waals surface area contributed by atoms with E-state index in [1.165, 1.54) is 128 Å². The van der Waals surface area contributed by atoms with E-state index in [4.69, 9.17) is 0 Å². The molecule has 0 N–H and O–H groups in total. The minimum Gasteiger partial charge on any atom is -0.744 e. The third kappa shape index (κ3) is 17.8. The Morgan fingerprint density at radius 2 is 0.860 bits per heavy atom. The number of aryl methyl sites for hydroxylation is 2. The topological polar surface area (TPSA) is 57.2 Å². The van der Waals surface area contributed by atoms with Crippen molar-refractivity contribution in [2.75, 3.05) is 0 Å². The molecular formula is C38H63NaO3S. The third-order valence-corrected chi connectivity index (χ3v) is 9.98. The van der Waals surface area contributed by atoms with Crippen LogP contribution in [0.15, 0.2) is 35.2 Å². The van der Waals surface area contributed by atoms with Crippen molar-refractivity contribution in [3.63, 3.8) is 0 Å². The summed E-state index contributed by atoms with van der Waals surface area (Å²) in [6, 6.07) is 9.89. The second-order valence-electron chi connectivity index (χ2n) is 12.8. The number of unbranched alkanes of at least 4 members (excludes halogenated alkanes) is 22. The van der Waals surface area contributed by atoms with Crippen molar-refractivity contribution in [2.24, 2.45) is 0 Å². The van der Waals surface area contributed by atoms with Gasteiger partial charge >= 0.3 is 29.6 Å². The Balaban J connectivity index is 0.00000924. The average molecular weight is 623 g/mol. The molecule has 0 radical (unpaired) electrons. The van der Waals surface area contributed by atoms with Gasteiger partial charge in [0.25, 0.3) is 0 Å². The van der Waals surface area contributed by atoms with Crippen LogP contribution < -0.4 is 29.6 Å². The van der Waals surface area contributed by atoms with Crippen molar-refractivity contribution in [3.8, 4) is 0 Å². The maximum absolute atomic E-state index is 12.6. The molecular weight excluding hydrogens is 559 g/mol. The van der Waals surface area contributed by atoms with Crippen LogP contribution in [-0.4, -0.2) is 13.0 Å². The normalized spacial score (nSPS) is 11.7. The van der Waals surface area contributed by atoms with Gasteiger partial charge in [-0.1, -0.05) is 185 Å². The quantitative estimate of drug-likeness (QED) is 0.0567. The van der Waals surface area contributed by atoms with E-state index >= 15 is 0 Å². The minimum absolute atomic E-state index is 0. The zero-order chi connectivity index (χ0) is 30.3. The van der Waals surface area contributed by atoms with Gasteiger partial charge in [-0.2, -0.15) is 0 Å². The van der Waals surface area contributed by atoms with E-state index in [0.717, 1.165) is 43.1 Å². The third-order valence-electron chi connectivity index (χ3n) is 9.02. The van der Waals surface area contributed by atoms with Crippen molar-refractivity contribution in [1.29, 1.82) is 0 Å². The van der Waals surface area contributed by atoms with Gasteiger partial charge in [-0.3, -0.25) is 0 Å². The molecule has 2 rings (SSSR count). The second-order valence-corrected chi connectivity index (χ2v) is 14.1. The molecule has 5 heteroatoms. The van der Waals surface area contributed by atoms with E-state index in [-0.39, 0.29) is 34.5 Å². The second kappa shape index (κ2) is 25.8. The Morgan fingerprint density at radius 3 is 1.26 bits per heavy atom. The van der Waals surface area contributed by atoms with Crippen LogP contribution in [0.4, 0.5) is 0 Å². The fraction of sp³-hybridized carbons (Fsp3) is 0.737. The molecule has 0 bridgehead atoms. The van der Waals surface area contributed by atoms with Crippen molar-refractivity contribution < 1.29 is 42.5 Å². The van der Waals surface area contributed by atoms with Gasteiger partial charge in [-0.15, -0.1) is 0 Å². The molecule has 2 aromatic rings. The van der Waals surface area contributed by atoms with Gasteiger partial charge in [0.15, 0.2) is 0 Å². The monoisotopic (exact) mass is 622 g/mol. The van der Waals surface area contributed by atoms with Crippen LogP contribution in [-0.2, 0) is 23.0 Å². The molecule has 0 spiro atoms. The number of benzene rings is 2. The maximum atomic E-state index is 12.6. The fourth-order valence-electron chi connectivity index (χ4n) is 6.47. The molecule has 3 nitrogen and oxygen atoms in total. The van der Waals surface area contributed by atoms with Gasteiger partial charge in [0.05, 0.1) is 4.90 Å². The first-order valence-corrected chi connectivity index (χ1v) is 19.4. The molecule has 43 heavy (non-hydrogen) atoms. The Kier molecular flexibility index (Phi) is 24.3. The zero-order valence-corrected chi connectivity index (χ0v) is 31.2. The van der Waals surface area contributed by atoms with Crippen molar-refractivity contribution >= 4 is 20.9 Å². The summed E-state index contributed by atoms with van der Waals surface area (Å²) in [6.45, 7) is 4.53. The fourth-order valence-corrected chi connectivity index (χ4v) is 7.46. The SMILES string of the molecule is CCCCCCCCCCCCCCc1ccc2cccc(CCCCCCCCCCCCCC)c2c1S(=O)(=O)[O-].[Na+]. The molecule has 240 valence electrons. The van der Waals surface area contributed by atoms with Gasteiger partial charge in [0.1, 0.15) is 10.1 Å². The Bertz CT molecular complexity index is 1070. The van der Waals surface area contributed by atoms with E-state index in [1.54, 1.807) is 0 Å². The summed E-state index contributed by atoms with van der Waals surface area (Å²) in [5, 5.41) is 1.56. The standard InChI is InChI=1S/C38H64O3S.Na/c1-3-5-7-9-11-13-15-17-19-21-23-25-28-34-30-27-31-35-32-33-36(38(37(34)35)42(39,40)41)29-26-24-22-20-18-16-14-12-10-8-6-4-2;/h27,30-33H,3-26,28-29H2,1-2H3,(H,39,40,41);/q;+1/p-1. The van der Waals surface area contributed by atoms with Crippen molar-refractivity contribution in [1.82, 2.24) is 0 Å². The molecule has 0 amide bonds. The van der Waals surface area contributed by atoms with E-state index in [2.05, 4.69) is 13.8 Å². The van der Waals surface area contributed by atoms with Gasteiger partial charge in [0, 0.05) is 5.39 Å². The van der Waals surface area contributed by atoms with Crippen LogP contribution in [0.25, 0.3) is 10.8 Å². The van der Waals surface area contributed by atoms with Crippen LogP contribution in [0, 0.1) is 0 Å². The summed E-state index contributed by atoms with van der Waals surface area (Å²) < 4.78 is 37.7. The molecule has 0 saturated carbocycles. The van der Waals surface area contributed by atoms with Crippen molar-refractivity contribution in [3.05, 3.63) is 41.5 Å².